The van der Waals surface area contributed by atoms with E-state index in [2.05, 4.69) is 4.72 Å². The van der Waals surface area contributed by atoms with E-state index >= 15 is 0 Å². The zero-order chi connectivity index (χ0) is 17.9. The van der Waals surface area contributed by atoms with Gasteiger partial charge in [-0.05, 0) is 54.8 Å². The third-order valence-electron chi connectivity index (χ3n) is 4.13. The van der Waals surface area contributed by atoms with Crippen LogP contribution >= 0.6 is 11.6 Å². The lowest BCUT2D eigenvalue weighted by molar-refractivity contribution is -0.117. The monoisotopic (exact) mass is 378 g/mol. The van der Waals surface area contributed by atoms with Gasteiger partial charge in [0.05, 0.1) is 4.90 Å². The van der Waals surface area contributed by atoms with E-state index in [1.165, 1.54) is 12.1 Å². The number of nitrogens with zero attached hydrogens (tertiary/aromatic N) is 1. The Balaban J connectivity index is 1.62. The number of rotatable bonds is 6. The number of sulfonamides is 1. The van der Waals surface area contributed by atoms with Gasteiger partial charge in [-0.3, -0.25) is 4.79 Å². The van der Waals surface area contributed by atoms with Crippen LogP contribution in [-0.4, -0.2) is 27.4 Å². The van der Waals surface area contributed by atoms with Gasteiger partial charge in [0.15, 0.2) is 0 Å². The lowest BCUT2D eigenvalue weighted by Gasteiger charge is -2.16. The quantitative estimate of drug-likeness (QED) is 0.840. The van der Waals surface area contributed by atoms with E-state index in [0.717, 1.165) is 17.7 Å². The van der Waals surface area contributed by atoms with Crippen molar-refractivity contribution in [3.63, 3.8) is 0 Å². The Hall–Kier alpha value is -1.89. The van der Waals surface area contributed by atoms with Crippen LogP contribution in [0.25, 0.3) is 0 Å². The average molecular weight is 379 g/mol. The smallest absolute Gasteiger partial charge is 0.240 e. The maximum Gasteiger partial charge on any atom is 0.240 e. The number of anilines is 1. The van der Waals surface area contributed by atoms with Crippen molar-refractivity contribution >= 4 is 33.2 Å². The number of hydrogen-bond donors (Lipinski definition) is 1. The SMILES string of the molecule is O=C1CCCN1c1ccc(S(=O)(=O)NCCc2cccc(Cl)c2)cc1. The lowest BCUT2D eigenvalue weighted by atomic mass is 10.2. The van der Waals surface area contributed by atoms with Crippen molar-refractivity contribution in [1.82, 2.24) is 4.72 Å². The largest absolute Gasteiger partial charge is 0.312 e. The summed E-state index contributed by atoms with van der Waals surface area (Å²) in [6.07, 6.45) is 1.94. The highest BCUT2D eigenvalue weighted by molar-refractivity contribution is 7.89. The highest BCUT2D eigenvalue weighted by Gasteiger charge is 2.22. The highest BCUT2D eigenvalue weighted by atomic mass is 35.5. The Morgan fingerprint density at radius 1 is 1.12 bits per heavy atom. The Kier molecular flexibility index (Phi) is 5.42. The summed E-state index contributed by atoms with van der Waals surface area (Å²) < 4.78 is 27.3. The molecule has 1 aliphatic rings. The number of amides is 1. The standard InChI is InChI=1S/C18H19ClN2O3S/c19-15-4-1-3-14(13-15)10-11-20-25(23,24)17-8-6-16(7-9-17)21-12-2-5-18(21)22/h1,3-4,6-9,13,20H,2,5,10-12H2. The molecule has 0 unspecified atom stereocenters. The van der Waals surface area contributed by atoms with Crippen LogP contribution < -0.4 is 9.62 Å². The van der Waals surface area contributed by atoms with E-state index in [4.69, 9.17) is 11.6 Å². The predicted octanol–water partition coefficient (Wildman–Crippen LogP) is 2.99. The molecule has 1 N–H and O–H groups in total. The van der Waals surface area contributed by atoms with Crippen molar-refractivity contribution < 1.29 is 13.2 Å². The number of benzene rings is 2. The Morgan fingerprint density at radius 2 is 1.88 bits per heavy atom. The lowest BCUT2D eigenvalue weighted by Crippen LogP contribution is -2.26. The molecule has 0 bridgehead atoms. The first-order valence-corrected chi connectivity index (χ1v) is 9.96. The van der Waals surface area contributed by atoms with Gasteiger partial charge in [-0.1, -0.05) is 23.7 Å². The fourth-order valence-corrected chi connectivity index (χ4v) is 4.08. The van der Waals surface area contributed by atoms with Crippen molar-refractivity contribution in [2.75, 3.05) is 18.0 Å². The fraction of sp³-hybridized carbons (Fsp3) is 0.278. The molecule has 1 fully saturated rings. The summed E-state index contributed by atoms with van der Waals surface area (Å²) in [4.78, 5) is 13.6. The minimum absolute atomic E-state index is 0.0789. The summed E-state index contributed by atoms with van der Waals surface area (Å²) in [5, 5.41) is 0.632. The van der Waals surface area contributed by atoms with Crippen molar-refractivity contribution in [2.24, 2.45) is 0 Å². The molecular formula is C18H19ClN2O3S. The first kappa shape index (κ1) is 17.9. The van der Waals surface area contributed by atoms with Gasteiger partial charge in [-0.2, -0.15) is 0 Å². The van der Waals surface area contributed by atoms with Crippen molar-refractivity contribution in [3.05, 3.63) is 59.1 Å². The maximum absolute atomic E-state index is 12.4. The van der Waals surface area contributed by atoms with Gasteiger partial charge in [-0.25, -0.2) is 13.1 Å². The van der Waals surface area contributed by atoms with Crippen LogP contribution in [0.3, 0.4) is 0 Å². The highest BCUT2D eigenvalue weighted by Crippen LogP contribution is 2.23. The van der Waals surface area contributed by atoms with Crippen molar-refractivity contribution in [2.45, 2.75) is 24.2 Å². The molecule has 1 saturated heterocycles. The molecule has 25 heavy (non-hydrogen) atoms. The molecule has 0 aliphatic carbocycles. The molecule has 5 nitrogen and oxygen atoms in total. The predicted molar refractivity (Wildman–Crippen MR) is 98.4 cm³/mol. The van der Waals surface area contributed by atoms with Gasteiger partial charge in [0.2, 0.25) is 15.9 Å². The Bertz CT molecular complexity index is 866. The first-order chi connectivity index (χ1) is 12.0. The zero-order valence-corrected chi connectivity index (χ0v) is 15.2. The van der Waals surface area contributed by atoms with E-state index in [-0.39, 0.29) is 17.3 Å². The summed E-state index contributed by atoms with van der Waals surface area (Å²) in [5.41, 5.74) is 1.71. The summed E-state index contributed by atoms with van der Waals surface area (Å²) in [6.45, 7) is 0.970. The molecule has 1 heterocycles. The van der Waals surface area contributed by atoms with Crippen LogP contribution in [-0.2, 0) is 21.2 Å². The third-order valence-corrected chi connectivity index (χ3v) is 5.84. The fourth-order valence-electron chi connectivity index (χ4n) is 2.83. The van der Waals surface area contributed by atoms with Crippen LogP contribution in [0.4, 0.5) is 5.69 Å². The summed E-state index contributed by atoms with van der Waals surface area (Å²) >= 11 is 5.92. The molecule has 0 atom stereocenters. The van der Waals surface area contributed by atoms with E-state index in [1.807, 2.05) is 18.2 Å². The van der Waals surface area contributed by atoms with Crippen molar-refractivity contribution in [1.29, 1.82) is 0 Å². The van der Waals surface area contributed by atoms with Crippen molar-refractivity contribution in [3.8, 4) is 0 Å². The van der Waals surface area contributed by atoms with Gasteiger partial charge in [0.1, 0.15) is 0 Å². The second-order valence-corrected chi connectivity index (χ2v) is 8.12. The van der Waals surface area contributed by atoms with Crippen LogP contribution in [0.15, 0.2) is 53.4 Å². The molecule has 132 valence electrons. The molecule has 3 rings (SSSR count). The molecular weight excluding hydrogens is 360 g/mol. The first-order valence-electron chi connectivity index (χ1n) is 8.10. The van der Waals surface area contributed by atoms with E-state index < -0.39 is 10.0 Å². The average Bonchev–Trinajstić information content (AvgIpc) is 3.01. The van der Waals surface area contributed by atoms with E-state index in [1.54, 1.807) is 23.1 Å². The van der Waals surface area contributed by atoms with Gasteiger partial charge in [0.25, 0.3) is 0 Å². The molecule has 2 aromatic rings. The summed E-state index contributed by atoms with van der Waals surface area (Å²) in [6, 6.07) is 13.8. The van der Waals surface area contributed by atoms with E-state index in [0.29, 0.717) is 24.4 Å². The maximum atomic E-state index is 12.4. The number of carbonyl (C=O) groups excluding carboxylic acids is 1. The number of nitrogens with one attached hydrogen (secondary N) is 1. The minimum atomic E-state index is -3.58. The van der Waals surface area contributed by atoms with Gasteiger partial charge in [-0.15, -0.1) is 0 Å². The van der Waals surface area contributed by atoms with Crippen LogP contribution in [0.1, 0.15) is 18.4 Å². The van der Waals surface area contributed by atoms with Gasteiger partial charge < -0.3 is 4.90 Å². The Morgan fingerprint density at radius 3 is 2.52 bits per heavy atom. The molecule has 0 spiro atoms. The zero-order valence-electron chi connectivity index (χ0n) is 13.6. The third kappa shape index (κ3) is 4.39. The summed E-state index contributed by atoms with van der Waals surface area (Å²) in [7, 11) is -3.58. The van der Waals surface area contributed by atoms with Gasteiger partial charge >= 0.3 is 0 Å². The molecule has 0 radical (unpaired) electrons. The number of hydrogen-bond acceptors (Lipinski definition) is 3. The summed E-state index contributed by atoms with van der Waals surface area (Å²) in [5.74, 6) is 0.0789. The van der Waals surface area contributed by atoms with E-state index in [9.17, 15) is 13.2 Å². The molecule has 1 aliphatic heterocycles. The second kappa shape index (κ2) is 7.56. The normalized spacial score (nSPS) is 14.9. The van der Waals surface area contributed by atoms with Crippen LogP contribution in [0.2, 0.25) is 5.02 Å². The molecule has 2 aromatic carbocycles. The topological polar surface area (TPSA) is 66.5 Å². The molecule has 0 saturated carbocycles. The Labute approximate surface area is 152 Å². The number of halogens is 1. The van der Waals surface area contributed by atoms with Gasteiger partial charge in [0, 0.05) is 30.2 Å². The molecule has 0 aromatic heterocycles. The molecule has 1 amide bonds. The van der Waals surface area contributed by atoms with Crippen LogP contribution in [0, 0.1) is 0 Å². The molecule has 7 heteroatoms. The number of carbonyl (C=O) groups is 1. The second-order valence-electron chi connectivity index (χ2n) is 5.92. The minimum Gasteiger partial charge on any atom is -0.312 e. The van der Waals surface area contributed by atoms with Crippen LogP contribution in [0.5, 0.6) is 0 Å².